The molecule has 1 aromatic carbocycles. The van der Waals surface area contributed by atoms with Crippen LogP contribution in [-0.2, 0) is 0 Å². The van der Waals surface area contributed by atoms with Crippen molar-refractivity contribution in [2.75, 3.05) is 12.3 Å². The van der Waals surface area contributed by atoms with Gasteiger partial charge in [-0.1, -0.05) is 11.6 Å². The summed E-state index contributed by atoms with van der Waals surface area (Å²) in [5.74, 6) is 0.863. The number of nitriles is 1. The average Bonchev–Trinajstić information content (AvgIpc) is 2.15. The van der Waals surface area contributed by atoms with Gasteiger partial charge in [-0.05, 0) is 18.2 Å². The summed E-state index contributed by atoms with van der Waals surface area (Å²) in [5.41, 5.74) is 5.88. The highest BCUT2D eigenvalue weighted by Gasteiger charge is 2.00. The molecule has 2 nitrogen and oxygen atoms in total. The van der Waals surface area contributed by atoms with Gasteiger partial charge in [0.25, 0.3) is 0 Å². The van der Waals surface area contributed by atoms with Gasteiger partial charge in [0.05, 0.1) is 10.6 Å². The van der Waals surface area contributed by atoms with E-state index in [1.165, 1.54) is 0 Å². The fourth-order valence-corrected chi connectivity index (χ4v) is 1.86. The highest BCUT2D eigenvalue weighted by atomic mass is 35.5. The molecule has 0 saturated heterocycles. The quantitative estimate of drug-likeness (QED) is 0.782. The van der Waals surface area contributed by atoms with Crippen LogP contribution in [0, 0.1) is 11.3 Å². The second kappa shape index (κ2) is 5.13. The van der Waals surface area contributed by atoms with Gasteiger partial charge in [0, 0.05) is 17.2 Å². The Hall–Kier alpha value is -0.690. The smallest absolute Gasteiger partial charge is 0.101 e. The van der Waals surface area contributed by atoms with Crippen molar-refractivity contribution in [1.29, 1.82) is 5.26 Å². The highest BCUT2D eigenvalue weighted by Crippen LogP contribution is 2.23. The van der Waals surface area contributed by atoms with E-state index in [0.29, 0.717) is 17.1 Å². The van der Waals surface area contributed by atoms with Crippen molar-refractivity contribution < 1.29 is 0 Å². The Labute approximate surface area is 86.7 Å². The van der Waals surface area contributed by atoms with E-state index in [1.807, 2.05) is 12.1 Å². The van der Waals surface area contributed by atoms with E-state index in [9.17, 15) is 0 Å². The summed E-state index contributed by atoms with van der Waals surface area (Å²) in [6.07, 6.45) is 0. The number of halogens is 1. The molecule has 0 aliphatic rings. The van der Waals surface area contributed by atoms with Gasteiger partial charge in [0.15, 0.2) is 0 Å². The van der Waals surface area contributed by atoms with Crippen LogP contribution in [0.3, 0.4) is 0 Å². The van der Waals surface area contributed by atoms with Crippen LogP contribution in [0.15, 0.2) is 23.1 Å². The molecule has 1 aromatic rings. The topological polar surface area (TPSA) is 49.8 Å². The number of nitrogens with two attached hydrogens (primary N) is 1. The number of nitrogens with zero attached hydrogens (tertiary/aromatic N) is 1. The Kier molecular flexibility index (Phi) is 4.10. The molecule has 1 rings (SSSR count). The predicted octanol–water partition coefficient (Wildman–Crippen LogP) is 2.26. The average molecular weight is 213 g/mol. The lowest BCUT2D eigenvalue weighted by Crippen LogP contribution is -2.00. The molecule has 0 atom stereocenters. The third kappa shape index (κ3) is 2.92. The Morgan fingerprint density at radius 2 is 2.31 bits per heavy atom. The maximum atomic E-state index is 8.62. The fraction of sp³-hybridized carbons (Fsp3) is 0.222. The Balaban J connectivity index is 2.79. The van der Waals surface area contributed by atoms with Crippen LogP contribution in [-0.4, -0.2) is 12.3 Å². The van der Waals surface area contributed by atoms with E-state index >= 15 is 0 Å². The normalized spacial score (nSPS) is 9.62. The highest BCUT2D eigenvalue weighted by molar-refractivity contribution is 7.99. The summed E-state index contributed by atoms with van der Waals surface area (Å²) in [4.78, 5) is 1.05. The van der Waals surface area contributed by atoms with Crippen LogP contribution in [0.5, 0.6) is 0 Å². The molecule has 0 unspecified atom stereocenters. The van der Waals surface area contributed by atoms with E-state index in [0.717, 1.165) is 10.6 Å². The van der Waals surface area contributed by atoms with Crippen molar-refractivity contribution in [3.63, 3.8) is 0 Å². The first kappa shape index (κ1) is 10.4. The third-order valence-corrected chi connectivity index (χ3v) is 2.79. The van der Waals surface area contributed by atoms with Crippen LogP contribution >= 0.6 is 23.4 Å². The van der Waals surface area contributed by atoms with Crippen molar-refractivity contribution in [1.82, 2.24) is 0 Å². The lowest BCUT2D eigenvalue weighted by Gasteiger charge is -2.00. The first-order valence-corrected chi connectivity index (χ1v) is 5.17. The van der Waals surface area contributed by atoms with Gasteiger partial charge in [-0.2, -0.15) is 5.26 Å². The van der Waals surface area contributed by atoms with E-state index in [2.05, 4.69) is 0 Å². The summed E-state index contributed by atoms with van der Waals surface area (Å²) in [7, 11) is 0. The van der Waals surface area contributed by atoms with E-state index in [-0.39, 0.29) is 0 Å². The van der Waals surface area contributed by atoms with Crippen LogP contribution in [0.1, 0.15) is 5.56 Å². The summed E-state index contributed by atoms with van der Waals surface area (Å²) in [5, 5.41) is 9.13. The Bertz CT molecular complexity index is 333. The lowest BCUT2D eigenvalue weighted by atomic mass is 10.2. The second-order valence-corrected chi connectivity index (χ2v) is 3.97. The molecule has 0 heterocycles. The minimum absolute atomic E-state index is 0.504. The summed E-state index contributed by atoms with van der Waals surface area (Å²) < 4.78 is 0. The van der Waals surface area contributed by atoms with E-state index < -0.39 is 0 Å². The number of rotatable bonds is 3. The van der Waals surface area contributed by atoms with Crippen LogP contribution in [0.2, 0.25) is 5.02 Å². The number of thioether (sulfide) groups is 1. The Morgan fingerprint density at radius 3 is 2.85 bits per heavy atom. The zero-order valence-electron chi connectivity index (χ0n) is 6.96. The molecular weight excluding hydrogens is 204 g/mol. The van der Waals surface area contributed by atoms with Crippen molar-refractivity contribution in [2.45, 2.75) is 4.90 Å². The van der Waals surface area contributed by atoms with Gasteiger partial charge in [-0.25, -0.2) is 0 Å². The molecule has 2 N–H and O–H groups in total. The summed E-state index contributed by atoms with van der Waals surface area (Å²) in [6.45, 7) is 0.641. The first-order chi connectivity index (χ1) is 6.27. The molecule has 0 spiro atoms. The molecule has 0 aliphatic carbocycles. The van der Waals surface area contributed by atoms with Gasteiger partial charge < -0.3 is 5.73 Å². The minimum atomic E-state index is 0.504. The first-order valence-electron chi connectivity index (χ1n) is 3.80. The fourth-order valence-electron chi connectivity index (χ4n) is 0.853. The largest absolute Gasteiger partial charge is 0.330 e. The molecule has 0 aliphatic heterocycles. The monoisotopic (exact) mass is 212 g/mol. The van der Waals surface area contributed by atoms with Crippen LogP contribution < -0.4 is 5.73 Å². The van der Waals surface area contributed by atoms with Crippen LogP contribution in [0.4, 0.5) is 0 Å². The van der Waals surface area contributed by atoms with Gasteiger partial charge >= 0.3 is 0 Å². The zero-order valence-corrected chi connectivity index (χ0v) is 8.53. The zero-order chi connectivity index (χ0) is 9.68. The van der Waals surface area contributed by atoms with Gasteiger partial charge in [0.2, 0.25) is 0 Å². The predicted molar refractivity (Wildman–Crippen MR) is 55.9 cm³/mol. The maximum absolute atomic E-state index is 8.62. The van der Waals surface area contributed by atoms with E-state index in [4.69, 9.17) is 22.6 Å². The maximum Gasteiger partial charge on any atom is 0.101 e. The lowest BCUT2D eigenvalue weighted by molar-refractivity contribution is 1.15. The molecule has 0 amide bonds. The third-order valence-electron chi connectivity index (χ3n) is 1.45. The summed E-state index contributed by atoms with van der Waals surface area (Å²) in [6, 6.07) is 7.41. The van der Waals surface area contributed by atoms with E-state index in [1.54, 1.807) is 23.9 Å². The van der Waals surface area contributed by atoms with Gasteiger partial charge in [-0.3, -0.25) is 0 Å². The second-order valence-electron chi connectivity index (χ2n) is 2.39. The van der Waals surface area contributed by atoms with Crippen molar-refractivity contribution in [2.24, 2.45) is 5.73 Å². The molecule has 0 aromatic heterocycles. The van der Waals surface area contributed by atoms with Crippen molar-refractivity contribution in [3.05, 3.63) is 28.8 Å². The SMILES string of the molecule is N#Cc1ccc(SCCN)cc1Cl. The molecule has 13 heavy (non-hydrogen) atoms. The van der Waals surface area contributed by atoms with Crippen molar-refractivity contribution >= 4 is 23.4 Å². The molecule has 68 valence electrons. The number of hydrogen-bond donors (Lipinski definition) is 1. The molecule has 0 saturated carbocycles. The molecule has 0 radical (unpaired) electrons. The molecule has 4 heteroatoms. The molecule has 0 bridgehead atoms. The standard InChI is InChI=1S/C9H9ClN2S/c10-9-5-8(13-4-3-11)2-1-7(9)6-12/h1-2,5H,3-4,11H2. The van der Waals surface area contributed by atoms with Gasteiger partial charge in [0.1, 0.15) is 6.07 Å². The minimum Gasteiger partial charge on any atom is -0.330 e. The number of benzene rings is 1. The summed E-state index contributed by atoms with van der Waals surface area (Å²) >= 11 is 7.48. The number of hydrogen-bond acceptors (Lipinski definition) is 3. The Morgan fingerprint density at radius 1 is 1.54 bits per heavy atom. The van der Waals surface area contributed by atoms with Crippen LogP contribution in [0.25, 0.3) is 0 Å². The van der Waals surface area contributed by atoms with Crippen molar-refractivity contribution in [3.8, 4) is 6.07 Å². The molecular formula is C9H9ClN2S. The molecule has 0 fully saturated rings. The van der Waals surface area contributed by atoms with Gasteiger partial charge in [-0.15, -0.1) is 11.8 Å².